The van der Waals surface area contributed by atoms with Gasteiger partial charge in [0, 0.05) is 74.6 Å². The molecule has 42 heavy (non-hydrogen) atoms. The van der Waals surface area contributed by atoms with E-state index in [1.165, 1.54) is 19.1 Å². The summed E-state index contributed by atoms with van der Waals surface area (Å²) in [5, 5.41) is 15.8. The van der Waals surface area contributed by atoms with E-state index in [1.54, 1.807) is 9.58 Å². The molecule has 2 amide bonds. The van der Waals surface area contributed by atoms with E-state index in [0.717, 1.165) is 60.6 Å². The molecule has 0 spiro atoms. The lowest BCUT2D eigenvalue weighted by Gasteiger charge is -2.37. The van der Waals surface area contributed by atoms with Gasteiger partial charge in [-0.15, -0.1) is 0 Å². The number of carbonyl (C=O) groups is 2. The van der Waals surface area contributed by atoms with Gasteiger partial charge in [-0.05, 0) is 36.6 Å². The van der Waals surface area contributed by atoms with Gasteiger partial charge in [-0.3, -0.25) is 14.3 Å². The Labute approximate surface area is 242 Å². The number of anilines is 1. The number of aromatic nitrogens is 2. The molecule has 1 unspecified atom stereocenters. The van der Waals surface area contributed by atoms with Crippen LogP contribution in [0.25, 0.3) is 11.3 Å². The molecule has 3 aliphatic heterocycles. The smallest absolute Gasteiger partial charge is 0.390 e. The Morgan fingerprint density at radius 2 is 1.76 bits per heavy atom. The van der Waals surface area contributed by atoms with Gasteiger partial charge in [-0.2, -0.15) is 18.3 Å². The number of nitrogens with zero attached hydrogens (tertiary/aromatic N) is 5. The fraction of sp³-hybridized carbons (Fsp3) is 0.452. The third-order valence-electron chi connectivity index (χ3n) is 8.70. The second kappa shape index (κ2) is 11.2. The van der Waals surface area contributed by atoms with Crippen molar-refractivity contribution in [2.75, 3.05) is 31.1 Å². The molecule has 0 bridgehead atoms. The standard InChI is InChI=1S/C31H34F3N5O3/c1-20(40)37-15-12-28-26(19-37)30(21-6-8-23(9-7-21)31(32,33)34)35-38(28)18-25(41)17-36-13-10-24(11-14-36)39-27-5-3-2-4-22(27)16-29(39)42/h2-9,24-25,41H,10-19H2,1H3. The third-order valence-corrected chi connectivity index (χ3v) is 8.70. The first-order valence-corrected chi connectivity index (χ1v) is 14.4. The predicted octanol–water partition coefficient (Wildman–Crippen LogP) is 3.89. The lowest BCUT2D eigenvalue weighted by Crippen LogP contribution is -2.48. The number of aliphatic hydroxyl groups is 1. The van der Waals surface area contributed by atoms with Gasteiger partial charge in [-0.25, -0.2) is 0 Å². The van der Waals surface area contributed by atoms with Crippen LogP contribution in [0.1, 0.15) is 42.1 Å². The summed E-state index contributed by atoms with van der Waals surface area (Å²) in [6.45, 7) is 4.54. The first kappa shape index (κ1) is 28.4. The van der Waals surface area contributed by atoms with Crippen molar-refractivity contribution >= 4 is 17.5 Å². The number of para-hydroxylation sites is 1. The maximum Gasteiger partial charge on any atom is 0.416 e. The molecule has 0 aliphatic carbocycles. The molecule has 3 aliphatic rings. The molecule has 222 valence electrons. The van der Waals surface area contributed by atoms with Crippen LogP contribution in [-0.2, 0) is 41.7 Å². The highest BCUT2D eigenvalue weighted by Crippen LogP contribution is 2.35. The Morgan fingerprint density at radius 3 is 2.45 bits per heavy atom. The molecule has 11 heteroatoms. The SMILES string of the molecule is CC(=O)N1CCc2c(c(-c3ccc(C(F)(F)F)cc3)nn2CC(O)CN2CCC(N3C(=O)Cc4ccccc43)CC2)C1. The van der Waals surface area contributed by atoms with Crippen LogP contribution in [0, 0.1) is 0 Å². The summed E-state index contributed by atoms with van der Waals surface area (Å²) in [6.07, 6.45) is -2.51. The summed E-state index contributed by atoms with van der Waals surface area (Å²) in [5.41, 5.74) is 4.13. The van der Waals surface area contributed by atoms with E-state index in [0.29, 0.717) is 43.7 Å². The second-order valence-electron chi connectivity index (χ2n) is 11.5. The Balaban J connectivity index is 1.14. The van der Waals surface area contributed by atoms with Crippen LogP contribution in [-0.4, -0.2) is 74.8 Å². The van der Waals surface area contributed by atoms with Crippen molar-refractivity contribution in [1.82, 2.24) is 19.6 Å². The van der Waals surface area contributed by atoms with Gasteiger partial charge in [0.05, 0.1) is 30.3 Å². The fourth-order valence-electron chi connectivity index (χ4n) is 6.55. The molecule has 1 aromatic heterocycles. The quantitative estimate of drug-likeness (QED) is 0.478. The number of likely N-dealkylation sites (tertiary alicyclic amines) is 1. The average molecular weight is 582 g/mol. The number of amides is 2. The molecular formula is C31H34F3N5O3. The maximum absolute atomic E-state index is 13.1. The van der Waals surface area contributed by atoms with E-state index in [4.69, 9.17) is 5.10 Å². The van der Waals surface area contributed by atoms with Crippen LogP contribution >= 0.6 is 0 Å². The molecule has 0 saturated carbocycles. The molecule has 3 aromatic rings. The fourth-order valence-corrected chi connectivity index (χ4v) is 6.55. The van der Waals surface area contributed by atoms with E-state index in [9.17, 15) is 27.9 Å². The Hall–Kier alpha value is -3.70. The highest BCUT2D eigenvalue weighted by Gasteiger charge is 2.35. The van der Waals surface area contributed by atoms with E-state index in [-0.39, 0.29) is 24.4 Å². The van der Waals surface area contributed by atoms with E-state index < -0.39 is 17.8 Å². The van der Waals surface area contributed by atoms with E-state index >= 15 is 0 Å². The number of hydrogen-bond acceptors (Lipinski definition) is 5. The first-order valence-electron chi connectivity index (χ1n) is 14.4. The highest BCUT2D eigenvalue weighted by molar-refractivity contribution is 6.01. The monoisotopic (exact) mass is 581 g/mol. The Kier molecular flexibility index (Phi) is 7.57. The number of piperidine rings is 1. The molecule has 1 fully saturated rings. The molecule has 6 rings (SSSR count). The van der Waals surface area contributed by atoms with Crippen molar-refractivity contribution in [2.24, 2.45) is 0 Å². The van der Waals surface area contributed by atoms with Gasteiger partial charge in [0.15, 0.2) is 0 Å². The summed E-state index contributed by atoms with van der Waals surface area (Å²) in [6, 6.07) is 13.0. The Morgan fingerprint density at radius 1 is 1.05 bits per heavy atom. The van der Waals surface area contributed by atoms with Crippen LogP contribution in [0.15, 0.2) is 48.5 Å². The molecule has 2 aromatic carbocycles. The number of carbonyl (C=O) groups excluding carboxylic acids is 2. The summed E-state index contributed by atoms with van der Waals surface area (Å²) in [7, 11) is 0. The van der Waals surface area contributed by atoms with Crippen LogP contribution in [0.5, 0.6) is 0 Å². The zero-order valence-electron chi connectivity index (χ0n) is 23.5. The number of halogens is 3. The molecular weight excluding hydrogens is 547 g/mol. The minimum absolute atomic E-state index is 0.0747. The predicted molar refractivity (Wildman–Crippen MR) is 151 cm³/mol. The summed E-state index contributed by atoms with van der Waals surface area (Å²) in [4.78, 5) is 30.7. The molecule has 1 saturated heterocycles. The second-order valence-corrected chi connectivity index (χ2v) is 11.5. The van der Waals surface area contributed by atoms with Gasteiger partial charge < -0.3 is 19.8 Å². The van der Waals surface area contributed by atoms with Crippen LogP contribution in [0.2, 0.25) is 0 Å². The molecule has 8 nitrogen and oxygen atoms in total. The number of fused-ring (bicyclic) bond motifs is 2. The summed E-state index contributed by atoms with van der Waals surface area (Å²) < 4.78 is 41.2. The lowest BCUT2D eigenvalue weighted by molar-refractivity contribution is -0.137. The van der Waals surface area contributed by atoms with Crippen molar-refractivity contribution in [3.63, 3.8) is 0 Å². The summed E-state index contributed by atoms with van der Waals surface area (Å²) in [5.74, 6) is 0.0691. The number of benzene rings is 2. The van der Waals surface area contributed by atoms with Crippen molar-refractivity contribution in [2.45, 2.75) is 64.0 Å². The van der Waals surface area contributed by atoms with Gasteiger partial charge >= 0.3 is 6.18 Å². The number of rotatable bonds is 6. The zero-order valence-corrected chi connectivity index (χ0v) is 23.5. The maximum atomic E-state index is 13.1. The number of alkyl halides is 3. The normalized spacial score (nSPS) is 18.7. The van der Waals surface area contributed by atoms with Crippen LogP contribution in [0.4, 0.5) is 18.9 Å². The van der Waals surface area contributed by atoms with Crippen molar-refractivity contribution < 1.29 is 27.9 Å². The van der Waals surface area contributed by atoms with Crippen molar-refractivity contribution in [3.05, 3.63) is 70.9 Å². The zero-order chi connectivity index (χ0) is 29.6. The number of hydrogen-bond donors (Lipinski definition) is 1. The first-order chi connectivity index (χ1) is 20.1. The molecule has 0 radical (unpaired) electrons. The Bertz CT molecular complexity index is 1480. The van der Waals surface area contributed by atoms with Gasteiger partial charge in [0.2, 0.25) is 11.8 Å². The highest BCUT2D eigenvalue weighted by atomic mass is 19.4. The van der Waals surface area contributed by atoms with E-state index in [2.05, 4.69) is 4.90 Å². The van der Waals surface area contributed by atoms with Crippen LogP contribution < -0.4 is 4.90 Å². The van der Waals surface area contributed by atoms with Gasteiger partial charge in [-0.1, -0.05) is 30.3 Å². The summed E-state index contributed by atoms with van der Waals surface area (Å²) >= 11 is 0. The van der Waals surface area contributed by atoms with Gasteiger partial charge in [0.25, 0.3) is 0 Å². The molecule has 1 N–H and O–H groups in total. The van der Waals surface area contributed by atoms with Gasteiger partial charge in [0.1, 0.15) is 0 Å². The van der Waals surface area contributed by atoms with Crippen LogP contribution in [0.3, 0.4) is 0 Å². The topological polar surface area (TPSA) is 81.9 Å². The molecule has 4 heterocycles. The van der Waals surface area contributed by atoms with E-state index in [1.807, 2.05) is 29.2 Å². The minimum atomic E-state index is -4.43. The average Bonchev–Trinajstić information content (AvgIpc) is 3.49. The third kappa shape index (κ3) is 5.55. The molecule has 1 atom stereocenters. The minimum Gasteiger partial charge on any atom is -0.390 e. The number of β-amino-alcohol motifs (C(OH)–C–C–N with tert-alkyl or cyclic N) is 1. The lowest BCUT2D eigenvalue weighted by atomic mass is 10.00. The largest absolute Gasteiger partial charge is 0.416 e. The van der Waals surface area contributed by atoms with Crippen molar-refractivity contribution in [1.29, 1.82) is 0 Å². The van der Waals surface area contributed by atoms with Crippen molar-refractivity contribution in [3.8, 4) is 11.3 Å². The number of aliphatic hydroxyl groups excluding tert-OH is 1.